The quantitative estimate of drug-likeness (QED) is 0.819. The van der Waals surface area contributed by atoms with E-state index < -0.39 is 0 Å². The van der Waals surface area contributed by atoms with Crippen LogP contribution in [0.5, 0.6) is 5.75 Å². The summed E-state index contributed by atoms with van der Waals surface area (Å²) in [6.07, 6.45) is 2.88. The van der Waals surface area contributed by atoms with E-state index in [1.54, 1.807) is 13.3 Å². The molecule has 0 aliphatic heterocycles. The van der Waals surface area contributed by atoms with Crippen LogP contribution in [0.25, 0.3) is 0 Å². The summed E-state index contributed by atoms with van der Waals surface area (Å²) in [6.45, 7) is 7.60. The molecule has 0 fully saturated rings. The predicted molar refractivity (Wildman–Crippen MR) is 78.6 cm³/mol. The first-order chi connectivity index (χ1) is 8.86. The maximum Gasteiger partial charge on any atom is 0.161 e. The van der Waals surface area contributed by atoms with Crippen LogP contribution < -0.4 is 10.1 Å². The van der Waals surface area contributed by atoms with Gasteiger partial charge >= 0.3 is 0 Å². The SMILES string of the molecule is CCCNC(c1c(OC)cnn1C)C(C)(C)N(C)C. The topological polar surface area (TPSA) is 42.3 Å². The van der Waals surface area contributed by atoms with Gasteiger partial charge in [0.1, 0.15) is 0 Å². The van der Waals surface area contributed by atoms with Crippen LogP contribution in [0.15, 0.2) is 6.20 Å². The Balaban J connectivity index is 3.19. The summed E-state index contributed by atoms with van der Waals surface area (Å²) in [5, 5.41) is 7.95. The van der Waals surface area contributed by atoms with Gasteiger partial charge in [0, 0.05) is 12.6 Å². The molecule has 0 aromatic carbocycles. The Bertz CT molecular complexity index is 398. The third kappa shape index (κ3) is 3.28. The molecule has 19 heavy (non-hydrogen) atoms. The Kier molecular flexibility index (Phi) is 5.38. The molecule has 1 aromatic rings. The Morgan fingerprint density at radius 1 is 1.47 bits per heavy atom. The van der Waals surface area contributed by atoms with Crippen molar-refractivity contribution in [1.29, 1.82) is 0 Å². The molecular weight excluding hydrogens is 240 g/mol. The number of hydrogen-bond acceptors (Lipinski definition) is 4. The second-order valence-electron chi connectivity index (χ2n) is 5.66. The van der Waals surface area contributed by atoms with Crippen LogP contribution in [0, 0.1) is 0 Å². The third-order valence-corrected chi connectivity index (χ3v) is 3.90. The molecule has 0 radical (unpaired) electrons. The summed E-state index contributed by atoms with van der Waals surface area (Å²) in [5.41, 5.74) is 1.05. The molecule has 5 nitrogen and oxygen atoms in total. The van der Waals surface area contributed by atoms with Gasteiger partial charge in [0.05, 0.1) is 25.0 Å². The lowest BCUT2D eigenvalue weighted by molar-refractivity contribution is 0.131. The molecule has 0 aliphatic rings. The van der Waals surface area contributed by atoms with Crippen LogP contribution in [-0.2, 0) is 7.05 Å². The first kappa shape index (κ1) is 16.0. The van der Waals surface area contributed by atoms with Crippen molar-refractivity contribution in [3.8, 4) is 5.75 Å². The molecule has 1 heterocycles. The van der Waals surface area contributed by atoms with Gasteiger partial charge in [0.15, 0.2) is 5.75 Å². The monoisotopic (exact) mass is 268 g/mol. The lowest BCUT2D eigenvalue weighted by atomic mass is 9.90. The zero-order valence-electron chi connectivity index (χ0n) is 13.3. The van der Waals surface area contributed by atoms with Crippen LogP contribution >= 0.6 is 0 Å². The van der Waals surface area contributed by atoms with Gasteiger partial charge < -0.3 is 15.0 Å². The molecular formula is C14H28N4O. The van der Waals surface area contributed by atoms with Crippen molar-refractivity contribution >= 4 is 0 Å². The molecule has 1 rings (SSSR count). The minimum Gasteiger partial charge on any atom is -0.493 e. The molecule has 0 saturated carbocycles. The number of nitrogens with one attached hydrogen (secondary N) is 1. The van der Waals surface area contributed by atoms with Crippen LogP contribution in [-0.4, -0.2) is 48.0 Å². The van der Waals surface area contributed by atoms with Crippen molar-refractivity contribution in [1.82, 2.24) is 20.0 Å². The van der Waals surface area contributed by atoms with Gasteiger partial charge in [-0.15, -0.1) is 0 Å². The van der Waals surface area contributed by atoms with Gasteiger partial charge in [-0.25, -0.2) is 0 Å². The first-order valence-electron chi connectivity index (χ1n) is 6.82. The number of methoxy groups -OCH3 is 1. The molecule has 1 N–H and O–H groups in total. The molecule has 5 heteroatoms. The maximum absolute atomic E-state index is 5.46. The highest BCUT2D eigenvalue weighted by atomic mass is 16.5. The number of rotatable bonds is 7. The Hall–Kier alpha value is -1.07. The van der Waals surface area contributed by atoms with Gasteiger partial charge in [0.2, 0.25) is 0 Å². The molecule has 1 unspecified atom stereocenters. The van der Waals surface area contributed by atoms with Crippen LogP contribution in [0.4, 0.5) is 0 Å². The number of nitrogens with zero attached hydrogens (tertiary/aromatic N) is 3. The van der Waals surface area contributed by atoms with Gasteiger partial charge in [-0.1, -0.05) is 6.92 Å². The zero-order chi connectivity index (χ0) is 14.6. The highest BCUT2D eigenvalue weighted by Crippen LogP contribution is 2.34. The minimum absolute atomic E-state index is 0.0454. The standard InChI is InChI=1S/C14H28N4O/c1-8-9-15-13(14(2,3)17(4)5)12-11(19-7)10-16-18(12)6/h10,13,15H,8-9H2,1-7H3. The molecule has 0 amide bonds. The fourth-order valence-corrected chi connectivity index (χ4v) is 2.14. The fourth-order valence-electron chi connectivity index (χ4n) is 2.14. The van der Waals surface area contributed by atoms with E-state index in [0.29, 0.717) is 0 Å². The van der Waals surface area contributed by atoms with Gasteiger partial charge in [-0.3, -0.25) is 4.68 Å². The van der Waals surface area contributed by atoms with Crippen molar-refractivity contribution in [2.45, 2.75) is 38.8 Å². The average molecular weight is 268 g/mol. The second-order valence-corrected chi connectivity index (χ2v) is 5.66. The fraction of sp³-hybridized carbons (Fsp3) is 0.786. The van der Waals surface area contributed by atoms with E-state index in [1.807, 2.05) is 11.7 Å². The summed E-state index contributed by atoms with van der Waals surface area (Å²) in [6, 6.07) is 0.157. The first-order valence-corrected chi connectivity index (χ1v) is 6.82. The molecule has 0 spiro atoms. The van der Waals surface area contributed by atoms with Crippen molar-refractivity contribution in [2.75, 3.05) is 27.7 Å². The normalized spacial score (nSPS) is 13.9. The van der Waals surface area contributed by atoms with Gasteiger partial charge in [0.25, 0.3) is 0 Å². The van der Waals surface area contributed by atoms with Gasteiger partial charge in [-0.05, 0) is 40.9 Å². The Morgan fingerprint density at radius 3 is 2.58 bits per heavy atom. The van der Waals surface area contributed by atoms with E-state index in [4.69, 9.17) is 4.74 Å². The van der Waals surface area contributed by atoms with E-state index in [-0.39, 0.29) is 11.6 Å². The highest BCUT2D eigenvalue weighted by molar-refractivity contribution is 5.30. The molecule has 0 aliphatic carbocycles. The van der Waals surface area contributed by atoms with Crippen molar-refractivity contribution < 1.29 is 4.74 Å². The average Bonchev–Trinajstić information content (AvgIpc) is 2.71. The number of likely N-dealkylation sites (N-methyl/N-ethyl adjacent to an activating group) is 1. The summed E-state index contributed by atoms with van der Waals surface area (Å²) < 4.78 is 7.36. The van der Waals surface area contributed by atoms with Crippen LogP contribution in [0.2, 0.25) is 0 Å². The van der Waals surface area contributed by atoms with Crippen LogP contribution in [0.3, 0.4) is 0 Å². The number of hydrogen-bond donors (Lipinski definition) is 1. The van der Waals surface area contributed by atoms with E-state index in [0.717, 1.165) is 24.4 Å². The van der Waals surface area contributed by atoms with Crippen molar-refractivity contribution in [2.24, 2.45) is 7.05 Å². The summed E-state index contributed by atoms with van der Waals surface area (Å²) >= 11 is 0. The second kappa shape index (κ2) is 6.39. The zero-order valence-corrected chi connectivity index (χ0v) is 13.3. The summed E-state index contributed by atoms with van der Waals surface area (Å²) in [5.74, 6) is 0.839. The Labute approximate surface area is 116 Å². The molecule has 1 atom stereocenters. The molecule has 0 saturated heterocycles. The van der Waals surface area contributed by atoms with E-state index in [2.05, 4.69) is 50.2 Å². The molecule has 0 bridgehead atoms. The smallest absolute Gasteiger partial charge is 0.161 e. The maximum atomic E-state index is 5.46. The van der Waals surface area contributed by atoms with Crippen molar-refractivity contribution in [3.63, 3.8) is 0 Å². The Morgan fingerprint density at radius 2 is 2.11 bits per heavy atom. The van der Waals surface area contributed by atoms with E-state index >= 15 is 0 Å². The number of ether oxygens (including phenoxy) is 1. The lowest BCUT2D eigenvalue weighted by Gasteiger charge is -2.40. The van der Waals surface area contributed by atoms with Gasteiger partial charge in [-0.2, -0.15) is 5.10 Å². The van der Waals surface area contributed by atoms with Crippen LogP contribution in [0.1, 0.15) is 38.9 Å². The van der Waals surface area contributed by atoms with E-state index in [1.165, 1.54) is 0 Å². The summed E-state index contributed by atoms with van der Waals surface area (Å²) in [7, 11) is 7.86. The third-order valence-electron chi connectivity index (χ3n) is 3.90. The lowest BCUT2D eigenvalue weighted by Crippen LogP contribution is -2.50. The largest absolute Gasteiger partial charge is 0.493 e. The predicted octanol–water partition coefficient (Wildman–Crippen LogP) is 1.81. The van der Waals surface area contributed by atoms with E-state index in [9.17, 15) is 0 Å². The molecule has 110 valence electrons. The molecule has 1 aromatic heterocycles. The minimum atomic E-state index is -0.0454. The number of aryl methyl sites for hydroxylation is 1. The highest BCUT2D eigenvalue weighted by Gasteiger charge is 2.36. The summed E-state index contributed by atoms with van der Waals surface area (Å²) in [4.78, 5) is 2.23. The van der Waals surface area contributed by atoms with Crippen molar-refractivity contribution in [3.05, 3.63) is 11.9 Å². The number of aromatic nitrogens is 2.